The molecular weight excluding hydrogens is 304 g/mol. The maximum Gasteiger partial charge on any atom is 0.264 e. The minimum atomic E-state index is -2.41. The van der Waals surface area contributed by atoms with Crippen LogP contribution in [0.1, 0.15) is 42.4 Å². The fraction of sp³-hybridized carbons (Fsp3) is 0.333. The van der Waals surface area contributed by atoms with Crippen molar-refractivity contribution >= 4 is 5.57 Å². The highest BCUT2D eigenvalue weighted by Crippen LogP contribution is 2.41. The molecule has 24 heavy (non-hydrogen) atoms. The molecule has 0 radical (unpaired) electrons. The number of hydrogen-bond acceptors (Lipinski definition) is 1. The van der Waals surface area contributed by atoms with Gasteiger partial charge in [0.15, 0.2) is 0 Å². The highest BCUT2D eigenvalue weighted by Gasteiger charge is 2.37. The van der Waals surface area contributed by atoms with Crippen molar-refractivity contribution in [1.82, 2.24) is 4.90 Å². The van der Waals surface area contributed by atoms with Gasteiger partial charge in [0.05, 0.1) is 0 Å². The first kappa shape index (κ1) is 15.5. The molecule has 0 aromatic heterocycles. The molecule has 0 aliphatic carbocycles. The van der Waals surface area contributed by atoms with Gasteiger partial charge in [0, 0.05) is 24.2 Å². The van der Waals surface area contributed by atoms with Gasteiger partial charge >= 0.3 is 0 Å². The normalized spacial score (nSPS) is 23.5. The maximum absolute atomic E-state index is 13.3. The SMILES string of the molecule is FC(F)c1ccccc1C1=CC2CCC(C1)N2Cc1ccccc1. The molecule has 0 saturated carbocycles. The Morgan fingerprint density at radius 1 is 0.958 bits per heavy atom. The molecular formula is C21H21F2N. The average molecular weight is 325 g/mol. The largest absolute Gasteiger partial charge is 0.289 e. The fourth-order valence-corrected chi connectivity index (χ4v) is 4.14. The van der Waals surface area contributed by atoms with Crippen LogP contribution in [-0.4, -0.2) is 17.0 Å². The zero-order valence-electron chi connectivity index (χ0n) is 13.5. The van der Waals surface area contributed by atoms with Gasteiger partial charge in [-0.1, -0.05) is 60.7 Å². The lowest BCUT2D eigenvalue weighted by Gasteiger charge is -2.34. The van der Waals surface area contributed by atoms with Crippen molar-refractivity contribution in [3.8, 4) is 0 Å². The van der Waals surface area contributed by atoms with E-state index in [1.807, 2.05) is 18.2 Å². The van der Waals surface area contributed by atoms with Crippen molar-refractivity contribution in [1.29, 1.82) is 0 Å². The van der Waals surface area contributed by atoms with Crippen LogP contribution in [0.4, 0.5) is 8.78 Å². The van der Waals surface area contributed by atoms with Crippen LogP contribution in [0.5, 0.6) is 0 Å². The Morgan fingerprint density at radius 2 is 1.71 bits per heavy atom. The molecule has 2 aromatic rings. The summed E-state index contributed by atoms with van der Waals surface area (Å²) in [6.07, 6.45) is 2.95. The summed E-state index contributed by atoms with van der Waals surface area (Å²) in [4.78, 5) is 2.53. The molecule has 0 N–H and O–H groups in total. The van der Waals surface area contributed by atoms with Crippen LogP contribution in [0, 0.1) is 0 Å². The van der Waals surface area contributed by atoms with Crippen molar-refractivity contribution in [3.05, 3.63) is 77.4 Å². The van der Waals surface area contributed by atoms with E-state index in [4.69, 9.17) is 0 Å². The molecule has 4 rings (SSSR count). The molecule has 2 unspecified atom stereocenters. The summed E-state index contributed by atoms with van der Waals surface area (Å²) >= 11 is 0. The van der Waals surface area contributed by atoms with E-state index >= 15 is 0 Å². The third kappa shape index (κ3) is 2.89. The summed E-state index contributed by atoms with van der Waals surface area (Å²) < 4.78 is 26.6. The topological polar surface area (TPSA) is 3.24 Å². The first-order chi connectivity index (χ1) is 11.7. The summed E-state index contributed by atoms with van der Waals surface area (Å²) in [5.41, 5.74) is 3.32. The number of benzene rings is 2. The minimum absolute atomic E-state index is 0.166. The van der Waals surface area contributed by atoms with Gasteiger partial charge in [0.25, 0.3) is 6.43 Å². The number of hydrogen-bond donors (Lipinski definition) is 0. The zero-order valence-corrected chi connectivity index (χ0v) is 13.5. The number of alkyl halides is 2. The van der Waals surface area contributed by atoms with Gasteiger partial charge in [-0.15, -0.1) is 0 Å². The van der Waals surface area contributed by atoms with Crippen molar-refractivity contribution in [2.45, 2.75) is 44.3 Å². The molecule has 1 nitrogen and oxygen atoms in total. The Balaban J connectivity index is 1.61. The van der Waals surface area contributed by atoms with Crippen LogP contribution >= 0.6 is 0 Å². The molecule has 2 bridgehead atoms. The van der Waals surface area contributed by atoms with Gasteiger partial charge in [-0.3, -0.25) is 4.90 Å². The van der Waals surface area contributed by atoms with E-state index in [9.17, 15) is 8.78 Å². The lowest BCUT2D eigenvalue weighted by atomic mass is 9.91. The summed E-state index contributed by atoms with van der Waals surface area (Å²) in [5.74, 6) is 0. The van der Waals surface area contributed by atoms with Gasteiger partial charge in [-0.25, -0.2) is 8.78 Å². The Bertz CT molecular complexity index is 739. The second-order valence-corrected chi connectivity index (χ2v) is 6.74. The smallest absolute Gasteiger partial charge is 0.264 e. The molecule has 2 aliphatic rings. The molecule has 2 aromatic carbocycles. The van der Waals surface area contributed by atoms with Crippen molar-refractivity contribution < 1.29 is 8.78 Å². The summed E-state index contributed by atoms with van der Waals surface area (Å²) in [6.45, 7) is 0.941. The standard InChI is InChI=1S/C21H21F2N/c22-21(23)20-9-5-4-8-19(20)16-12-17-10-11-18(13-16)24(17)14-15-6-2-1-3-7-15/h1-9,12,17-18,21H,10-11,13-14H2. The second-order valence-electron chi connectivity index (χ2n) is 6.74. The molecule has 1 fully saturated rings. The van der Waals surface area contributed by atoms with Gasteiger partial charge in [0.2, 0.25) is 0 Å². The summed E-state index contributed by atoms with van der Waals surface area (Å²) in [5, 5.41) is 0. The summed E-state index contributed by atoms with van der Waals surface area (Å²) in [7, 11) is 0. The predicted octanol–water partition coefficient (Wildman–Crippen LogP) is 5.44. The second kappa shape index (κ2) is 6.48. The highest BCUT2D eigenvalue weighted by atomic mass is 19.3. The summed E-state index contributed by atoms with van der Waals surface area (Å²) in [6, 6.07) is 18.3. The van der Waals surface area contributed by atoms with Crippen LogP contribution in [0.15, 0.2) is 60.7 Å². The van der Waals surface area contributed by atoms with Gasteiger partial charge in [-0.2, -0.15) is 0 Å². The molecule has 0 spiro atoms. The average Bonchev–Trinajstić information content (AvgIpc) is 2.84. The molecule has 2 atom stereocenters. The van der Waals surface area contributed by atoms with Gasteiger partial charge in [-0.05, 0) is 36.0 Å². The van der Waals surface area contributed by atoms with Crippen LogP contribution in [0.2, 0.25) is 0 Å². The van der Waals surface area contributed by atoms with E-state index in [2.05, 4.69) is 35.2 Å². The number of fused-ring (bicyclic) bond motifs is 2. The van der Waals surface area contributed by atoms with Crippen LogP contribution in [0.3, 0.4) is 0 Å². The van der Waals surface area contributed by atoms with E-state index in [-0.39, 0.29) is 5.56 Å². The molecule has 1 saturated heterocycles. The molecule has 2 heterocycles. The number of rotatable bonds is 4. The third-order valence-electron chi connectivity index (χ3n) is 5.29. The Morgan fingerprint density at radius 3 is 2.46 bits per heavy atom. The Labute approximate surface area is 141 Å². The Kier molecular flexibility index (Phi) is 4.19. The zero-order chi connectivity index (χ0) is 16.5. The van der Waals surface area contributed by atoms with E-state index in [1.54, 1.807) is 12.1 Å². The maximum atomic E-state index is 13.3. The van der Waals surface area contributed by atoms with Crippen LogP contribution < -0.4 is 0 Å². The Hall–Kier alpha value is -2.00. The van der Waals surface area contributed by atoms with Crippen molar-refractivity contribution in [2.24, 2.45) is 0 Å². The first-order valence-electron chi connectivity index (χ1n) is 8.60. The van der Waals surface area contributed by atoms with Crippen LogP contribution in [-0.2, 0) is 6.54 Å². The first-order valence-corrected chi connectivity index (χ1v) is 8.60. The van der Waals surface area contributed by atoms with E-state index in [1.165, 1.54) is 5.56 Å². The monoisotopic (exact) mass is 325 g/mol. The fourth-order valence-electron chi connectivity index (χ4n) is 4.14. The van der Waals surface area contributed by atoms with Gasteiger partial charge < -0.3 is 0 Å². The third-order valence-corrected chi connectivity index (χ3v) is 5.29. The van der Waals surface area contributed by atoms with Gasteiger partial charge in [0.1, 0.15) is 0 Å². The number of halogens is 2. The lowest BCUT2D eigenvalue weighted by Crippen LogP contribution is -2.37. The lowest BCUT2D eigenvalue weighted by molar-refractivity contribution is 0.151. The van der Waals surface area contributed by atoms with Crippen molar-refractivity contribution in [2.75, 3.05) is 0 Å². The number of nitrogens with zero attached hydrogens (tertiary/aromatic N) is 1. The van der Waals surface area contributed by atoms with Crippen molar-refractivity contribution in [3.63, 3.8) is 0 Å². The quantitative estimate of drug-likeness (QED) is 0.723. The van der Waals surface area contributed by atoms with Crippen LogP contribution in [0.25, 0.3) is 5.57 Å². The molecule has 124 valence electrons. The minimum Gasteiger partial charge on any atom is -0.289 e. The predicted molar refractivity (Wildman–Crippen MR) is 92.8 cm³/mol. The molecule has 3 heteroatoms. The molecule has 0 amide bonds. The van der Waals surface area contributed by atoms with E-state index in [0.717, 1.165) is 36.9 Å². The van der Waals surface area contributed by atoms with E-state index in [0.29, 0.717) is 12.1 Å². The molecule has 2 aliphatic heterocycles. The highest BCUT2D eigenvalue weighted by molar-refractivity contribution is 5.70. The van der Waals surface area contributed by atoms with E-state index < -0.39 is 6.43 Å².